The number of hydrogen-bond donors (Lipinski definition) is 2. The standard InChI is InChI=1S/C24H23F4N5O4S/c1-13-18(20(34)30-14-6-4-7-15(12-14)38(3,29)35)22(33-32-19(13)24(26,27)28)37-16-8-9-17(31-21(16)36-2)23(25)10-5-11-23/h4,6-9,12,29H,5,10-11H2,1-3H3,(H,30,34). The zero-order valence-corrected chi connectivity index (χ0v) is 21.3. The molecule has 0 saturated heterocycles. The lowest BCUT2D eigenvalue weighted by Crippen LogP contribution is -2.29. The van der Waals surface area contributed by atoms with Gasteiger partial charge in [0.05, 0.1) is 22.5 Å². The van der Waals surface area contributed by atoms with E-state index in [0.717, 1.165) is 6.92 Å². The molecular formula is C24H23F4N5O4S. The highest BCUT2D eigenvalue weighted by Crippen LogP contribution is 2.46. The van der Waals surface area contributed by atoms with Gasteiger partial charge in [-0.15, -0.1) is 10.2 Å². The molecule has 1 fully saturated rings. The van der Waals surface area contributed by atoms with E-state index in [1.807, 2.05) is 0 Å². The van der Waals surface area contributed by atoms with E-state index >= 15 is 0 Å². The van der Waals surface area contributed by atoms with Gasteiger partial charge in [-0.1, -0.05) is 6.07 Å². The Morgan fingerprint density at radius 1 is 1.16 bits per heavy atom. The first-order valence-electron chi connectivity index (χ1n) is 11.2. The van der Waals surface area contributed by atoms with E-state index in [1.54, 1.807) is 0 Å². The highest BCUT2D eigenvalue weighted by atomic mass is 32.2. The van der Waals surface area contributed by atoms with Gasteiger partial charge in [0.1, 0.15) is 5.56 Å². The number of pyridine rings is 1. The van der Waals surface area contributed by atoms with Crippen LogP contribution in [-0.2, 0) is 21.6 Å². The van der Waals surface area contributed by atoms with Crippen LogP contribution in [0.15, 0.2) is 41.3 Å². The van der Waals surface area contributed by atoms with Crippen molar-refractivity contribution in [1.82, 2.24) is 15.2 Å². The first kappa shape index (κ1) is 27.2. The SMILES string of the molecule is COc1nc(C2(F)CCC2)ccc1Oc1nnc(C(F)(F)F)c(C)c1C(=O)Nc1cccc(S(C)(=N)=O)c1. The molecule has 1 atom stereocenters. The average Bonchev–Trinajstić information content (AvgIpc) is 2.81. The summed E-state index contributed by atoms with van der Waals surface area (Å²) in [7, 11) is -1.87. The molecule has 1 amide bonds. The predicted molar refractivity (Wildman–Crippen MR) is 129 cm³/mol. The van der Waals surface area contributed by atoms with Crippen molar-refractivity contribution in [3.8, 4) is 17.5 Å². The highest BCUT2D eigenvalue weighted by Gasteiger charge is 2.41. The van der Waals surface area contributed by atoms with Crippen molar-refractivity contribution in [3.63, 3.8) is 0 Å². The normalized spacial score (nSPS) is 16.2. The quantitative estimate of drug-likeness (QED) is 0.363. The minimum Gasteiger partial charge on any atom is -0.478 e. The summed E-state index contributed by atoms with van der Waals surface area (Å²) >= 11 is 0. The van der Waals surface area contributed by atoms with Gasteiger partial charge in [0.25, 0.3) is 17.7 Å². The number of benzene rings is 1. The molecule has 2 heterocycles. The molecule has 14 heteroatoms. The third-order valence-corrected chi connectivity index (χ3v) is 7.21. The lowest BCUT2D eigenvalue weighted by Gasteiger charge is -2.33. The maximum atomic E-state index is 14.8. The summed E-state index contributed by atoms with van der Waals surface area (Å²) in [5.41, 5.74) is -3.91. The number of hydrogen-bond acceptors (Lipinski definition) is 8. The van der Waals surface area contributed by atoms with Crippen LogP contribution in [0.5, 0.6) is 17.5 Å². The largest absolute Gasteiger partial charge is 0.478 e. The molecule has 1 aliphatic rings. The third kappa shape index (κ3) is 5.39. The molecule has 1 unspecified atom stereocenters. The summed E-state index contributed by atoms with van der Waals surface area (Å²) in [5, 5.41) is 9.15. The van der Waals surface area contributed by atoms with E-state index in [4.69, 9.17) is 14.3 Å². The van der Waals surface area contributed by atoms with Crippen LogP contribution in [-0.4, -0.2) is 38.7 Å². The number of carbonyl (C=O) groups is 1. The second-order valence-electron chi connectivity index (χ2n) is 8.80. The van der Waals surface area contributed by atoms with Gasteiger partial charge in [0.2, 0.25) is 0 Å². The number of anilines is 1. The number of nitrogens with one attached hydrogen (secondary N) is 2. The monoisotopic (exact) mass is 553 g/mol. The molecule has 0 spiro atoms. The predicted octanol–water partition coefficient (Wildman–Crippen LogP) is 5.64. The molecule has 0 radical (unpaired) electrons. The number of carbonyl (C=O) groups excluding carboxylic acids is 1. The van der Waals surface area contributed by atoms with Crippen LogP contribution >= 0.6 is 0 Å². The summed E-state index contributed by atoms with van der Waals surface area (Å²) in [4.78, 5) is 17.5. The second kappa shape index (κ2) is 9.82. The van der Waals surface area contributed by atoms with Crippen LogP contribution in [0.25, 0.3) is 0 Å². The van der Waals surface area contributed by atoms with Crippen molar-refractivity contribution in [2.24, 2.45) is 0 Å². The number of nitrogens with zero attached hydrogens (tertiary/aromatic N) is 3. The molecule has 1 aliphatic carbocycles. The molecule has 1 saturated carbocycles. The summed E-state index contributed by atoms with van der Waals surface area (Å²) < 4.78 is 86.2. The summed E-state index contributed by atoms with van der Waals surface area (Å²) in [6.45, 7) is 1.04. The number of alkyl halides is 4. The maximum absolute atomic E-state index is 14.8. The van der Waals surface area contributed by atoms with Crippen LogP contribution in [0, 0.1) is 11.7 Å². The minimum atomic E-state index is -4.91. The number of amides is 1. The molecule has 2 N–H and O–H groups in total. The summed E-state index contributed by atoms with van der Waals surface area (Å²) in [6.07, 6.45) is -2.42. The first-order valence-corrected chi connectivity index (χ1v) is 13.2. The smallest absolute Gasteiger partial charge is 0.435 e. The Balaban J connectivity index is 1.75. The molecule has 3 aromatic rings. The highest BCUT2D eigenvalue weighted by molar-refractivity contribution is 7.91. The molecule has 0 bridgehead atoms. The van der Waals surface area contributed by atoms with E-state index in [-0.39, 0.29) is 27.9 Å². The molecule has 1 aromatic carbocycles. The Morgan fingerprint density at radius 3 is 2.45 bits per heavy atom. The van der Waals surface area contributed by atoms with Crippen LogP contribution in [0.1, 0.15) is 46.6 Å². The molecule has 202 valence electrons. The Labute approximate surface area is 215 Å². The summed E-state index contributed by atoms with van der Waals surface area (Å²) in [6, 6.07) is 8.26. The summed E-state index contributed by atoms with van der Waals surface area (Å²) in [5.74, 6) is -1.87. The van der Waals surface area contributed by atoms with E-state index in [1.165, 1.54) is 49.8 Å². The third-order valence-electron chi connectivity index (χ3n) is 6.05. The van der Waals surface area contributed by atoms with E-state index < -0.39 is 50.2 Å². The zero-order chi connectivity index (χ0) is 27.9. The molecule has 2 aromatic heterocycles. The van der Waals surface area contributed by atoms with Crippen molar-refractivity contribution in [3.05, 3.63) is 58.9 Å². The minimum absolute atomic E-state index is 0.0855. The molecule has 38 heavy (non-hydrogen) atoms. The van der Waals surface area contributed by atoms with Crippen molar-refractivity contribution in [2.75, 3.05) is 18.7 Å². The van der Waals surface area contributed by atoms with Crippen molar-refractivity contribution in [1.29, 1.82) is 4.78 Å². The van der Waals surface area contributed by atoms with Gasteiger partial charge in [0, 0.05) is 16.8 Å². The van der Waals surface area contributed by atoms with Crippen LogP contribution in [0.3, 0.4) is 0 Å². The Morgan fingerprint density at radius 2 is 1.87 bits per heavy atom. The van der Waals surface area contributed by atoms with Gasteiger partial charge in [-0.25, -0.2) is 18.4 Å². The maximum Gasteiger partial charge on any atom is 0.435 e. The number of methoxy groups -OCH3 is 1. The lowest BCUT2D eigenvalue weighted by atomic mass is 9.79. The van der Waals surface area contributed by atoms with Gasteiger partial charge in [0.15, 0.2) is 17.1 Å². The van der Waals surface area contributed by atoms with Gasteiger partial charge in [-0.3, -0.25) is 4.79 Å². The lowest BCUT2D eigenvalue weighted by molar-refractivity contribution is -0.142. The van der Waals surface area contributed by atoms with Gasteiger partial charge in [-0.05, 0) is 62.1 Å². The number of rotatable bonds is 7. The molecular weight excluding hydrogens is 530 g/mol. The Bertz CT molecular complexity index is 1510. The van der Waals surface area contributed by atoms with Gasteiger partial charge < -0.3 is 14.8 Å². The fourth-order valence-corrected chi connectivity index (χ4v) is 4.56. The molecule has 0 aliphatic heterocycles. The zero-order valence-electron chi connectivity index (χ0n) is 20.5. The van der Waals surface area contributed by atoms with Crippen molar-refractivity contribution >= 4 is 21.3 Å². The van der Waals surface area contributed by atoms with Crippen LogP contribution < -0.4 is 14.8 Å². The van der Waals surface area contributed by atoms with E-state index in [0.29, 0.717) is 19.3 Å². The Hall–Kier alpha value is -3.81. The topological polar surface area (TPSA) is 127 Å². The number of aromatic nitrogens is 3. The number of ether oxygens (including phenoxy) is 2. The van der Waals surface area contributed by atoms with Crippen LogP contribution in [0.4, 0.5) is 23.2 Å². The number of halogens is 4. The van der Waals surface area contributed by atoms with Crippen molar-refractivity contribution in [2.45, 2.75) is 42.9 Å². The first-order chi connectivity index (χ1) is 17.7. The molecule has 9 nitrogen and oxygen atoms in total. The van der Waals surface area contributed by atoms with Gasteiger partial charge >= 0.3 is 6.18 Å². The fraction of sp³-hybridized carbons (Fsp3) is 0.333. The molecule has 4 rings (SSSR count). The fourth-order valence-electron chi connectivity index (χ4n) is 3.87. The van der Waals surface area contributed by atoms with E-state index in [2.05, 4.69) is 20.5 Å². The van der Waals surface area contributed by atoms with Gasteiger partial charge in [-0.2, -0.15) is 13.2 Å². The Kier molecular flexibility index (Phi) is 7.03. The van der Waals surface area contributed by atoms with Crippen LogP contribution in [0.2, 0.25) is 0 Å². The average molecular weight is 554 g/mol. The van der Waals surface area contributed by atoms with E-state index in [9.17, 15) is 26.6 Å². The second-order valence-corrected chi connectivity index (χ2v) is 11.0. The van der Waals surface area contributed by atoms with Crippen molar-refractivity contribution < 1.29 is 36.0 Å².